The van der Waals surface area contributed by atoms with Crippen LogP contribution >= 0.6 is 0 Å². The number of piperidine rings is 1. The predicted molar refractivity (Wildman–Crippen MR) is 95.4 cm³/mol. The number of imide groups is 1. The summed E-state index contributed by atoms with van der Waals surface area (Å²) in [6, 6.07) is 6.90. The van der Waals surface area contributed by atoms with Gasteiger partial charge in [0.1, 0.15) is 0 Å². The SMILES string of the molecule is O=C(NCCN1C(=O)NC2NCCCC2C1=O)c1cccc2[nH]ccc12. The average molecular weight is 355 g/mol. The maximum atomic E-state index is 12.6. The fourth-order valence-corrected chi connectivity index (χ4v) is 3.69. The van der Waals surface area contributed by atoms with E-state index in [9.17, 15) is 14.4 Å². The molecule has 2 atom stereocenters. The van der Waals surface area contributed by atoms with Crippen LogP contribution in [0.1, 0.15) is 23.2 Å². The van der Waals surface area contributed by atoms with Crippen molar-refractivity contribution in [1.29, 1.82) is 0 Å². The molecule has 136 valence electrons. The van der Waals surface area contributed by atoms with E-state index in [1.807, 2.05) is 18.2 Å². The molecule has 0 saturated carbocycles. The van der Waals surface area contributed by atoms with E-state index in [1.54, 1.807) is 12.3 Å². The lowest BCUT2D eigenvalue weighted by atomic mass is 9.93. The number of carbonyl (C=O) groups is 3. The lowest BCUT2D eigenvalue weighted by Gasteiger charge is -2.40. The number of aromatic amines is 1. The van der Waals surface area contributed by atoms with E-state index in [0.29, 0.717) is 5.56 Å². The molecule has 1 aromatic carbocycles. The fraction of sp³-hybridized carbons (Fsp3) is 0.389. The molecular weight excluding hydrogens is 334 g/mol. The minimum absolute atomic E-state index is 0.155. The van der Waals surface area contributed by atoms with Gasteiger partial charge < -0.3 is 15.6 Å². The Hall–Kier alpha value is -2.87. The van der Waals surface area contributed by atoms with Crippen LogP contribution in [0.4, 0.5) is 4.79 Å². The minimum Gasteiger partial charge on any atom is -0.361 e. The summed E-state index contributed by atoms with van der Waals surface area (Å²) in [6.07, 6.45) is 3.18. The molecule has 2 aliphatic rings. The van der Waals surface area contributed by atoms with Gasteiger partial charge in [0.15, 0.2) is 0 Å². The highest BCUT2D eigenvalue weighted by Crippen LogP contribution is 2.22. The Morgan fingerprint density at radius 2 is 2.15 bits per heavy atom. The number of hydrogen-bond donors (Lipinski definition) is 4. The van der Waals surface area contributed by atoms with Crippen molar-refractivity contribution >= 4 is 28.7 Å². The highest BCUT2D eigenvalue weighted by Gasteiger charge is 2.41. The van der Waals surface area contributed by atoms with E-state index < -0.39 is 6.03 Å². The molecule has 2 fully saturated rings. The molecule has 1 aromatic heterocycles. The normalized spacial score (nSPS) is 22.8. The fourth-order valence-electron chi connectivity index (χ4n) is 3.69. The highest BCUT2D eigenvalue weighted by molar-refractivity contribution is 6.06. The van der Waals surface area contributed by atoms with E-state index in [2.05, 4.69) is 20.9 Å². The molecule has 2 aromatic rings. The Morgan fingerprint density at radius 3 is 3.04 bits per heavy atom. The number of H-pyrrole nitrogens is 1. The third-order valence-electron chi connectivity index (χ3n) is 5.03. The van der Waals surface area contributed by atoms with Crippen molar-refractivity contribution in [3.8, 4) is 0 Å². The molecule has 26 heavy (non-hydrogen) atoms. The monoisotopic (exact) mass is 355 g/mol. The van der Waals surface area contributed by atoms with Crippen molar-refractivity contribution in [2.24, 2.45) is 5.92 Å². The zero-order chi connectivity index (χ0) is 18.1. The zero-order valence-corrected chi connectivity index (χ0v) is 14.2. The van der Waals surface area contributed by atoms with E-state index in [1.165, 1.54) is 4.90 Å². The number of fused-ring (bicyclic) bond motifs is 2. The summed E-state index contributed by atoms with van der Waals surface area (Å²) in [5.41, 5.74) is 1.45. The van der Waals surface area contributed by atoms with Crippen LogP contribution in [0.15, 0.2) is 30.5 Å². The molecule has 0 radical (unpaired) electrons. The third-order valence-corrected chi connectivity index (χ3v) is 5.03. The van der Waals surface area contributed by atoms with Crippen molar-refractivity contribution in [2.45, 2.75) is 19.0 Å². The van der Waals surface area contributed by atoms with E-state index in [0.717, 1.165) is 30.3 Å². The maximum Gasteiger partial charge on any atom is 0.325 e. The molecular formula is C18H21N5O3. The molecule has 8 heteroatoms. The number of urea groups is 1. The second-order valence-corrected chi connectivity index (χ2v) is 6.62. The number of amides is 4. The lowest BCUT2D eigenvalue weighted by molar-refractivity contribution is -0.136. The van der Waals surface area contributed by atoms with Gasteiger partial charge in [0.2, 0.25) is 5.91 Å². The Kier molecular flexibility index (Phi) is 4.34. The summed E-state index contributed by atoms with van der Waals surface area (Å²) in [6.45, 7) is 1.17. The van der Waals surface area contributed by atoms with E-state index in [4.69, 9.17) is 0 Å². The van der Waals surface area contributed by atoms with Crippen LogP contribution in [0.25, 0.3) is 10.9 Å². The molecule has 0 spiro atoms. The number of nitrogens with one attached hydrogen (secondary N) is 4. The van der Waals surface area contributed by atoms with Crippen molar-refractivity contribution in [2.75, 3.05) is 19.6 Å². The van der Waals surface area contributed by atoms with Crippen LogP contribution in [0.3, 0.4) is 0 Å². The van der Waals surface area contributed by atoms with Gasteiger partial charge in [-0.1, -0.05) is 6.07 Å². The van der Waals surface area contributed by atoms with Crippen LogP contribution in [0, 0.1) is 5.92 Å². The van der Waals surface area contributed by atoms with Crippen LogP contribution in [-0.2, 0) is 4.79 Å². The zero-order valence-electron chi connectivity index (χ0n) is 14.2. The van der Waals surface area contributed by atoms with Crippen molar-refractivity contribution in [3.05, 3.63) is 36.0 Å². The van der Waals surface area contributed by atoms with Crippen molar-refractivity contribution < 1.29 is 14.4 Å². The van der Waals surface area contributed by atoms with Crippen LogP contribution < -0.4 is 16.0 Å². The van der Waals surface area contributed by atoms with E-state index in [-0.39, 0.29) is 37.0 Å². The first-order chi connectivity index (χ1) is 12.6. The number of carbonyl (C=O) groups excluding carboxylic acids is 3. The van der Waals surface area contributed by atoms with Gasteiger partial charge >= 0.3 is 6.03 Å². The number of rotatable bonds is 4. The quantitative estimate of drug-likeness (QED) is 0.650. The molecule has 3 heterocycles. The van der Waals surface area contributed by atoms with Crippen molar-refractivity contribution in [3.63, 3.8) is 0 Å². The molecule has 4 N–H and O–H groups in total. The Morgan fingerprint density at radius 1 is 1.27 bits per heavy atom. The number of nitrogens with zero attached hydrogens (tertiary/aromatic N) is 1. The average Bonchev–Trinajstić information content (AvgIpc) is 3.13. The standard InChI is InChI=1S/C18H21N5O3/c24-16(12-3-1-5-14-11(12)6-8-19-14)21-9-10-23-17(25)13-4-2-7-20-15(13)22-18(23)26/h1,3,5-6,8,13,15,19-20H,2,4,7,9-10H2,(H,21,24)(H,22,26). The Labute approximate surface area is 150 Å². The van der Waals surface area contributed by atoms with Gasteiger partial charge in [0, 0.05) is 35.8 Å². The summed E-state index contributed by atoms with van der Waals surface area (Å²) in [4.78, 5) is 41.5. The highest BCUT2D eigenvalue weighted by atomic mass is 16.2. The molecule has 2 unspecified atom stereocenters. The summed E-state index contributed by atoms with van der Waals surface area (Å²) in [5, 5.41) is 9.63. The van der Waals surface area contributed by atoms with Gasteiger partial charge in [-0.15, -0.1) is 0 Å². The third kappa shape index (κ3) is 2.92. The number of benzene rings is 1. The molecule has 0 aliphatic carbocycles. The first-order valence-electron chi connectivity index (χ1n) is 8.85. The van der Waals surface area contributed by atoms with Gasteiger partial charge in [-0.05, 0) is 37.6 Å². The Bertz CT molecular complexity index is 861. The second kappa shape index (κ2) is 6.80. The summed E-state index contributed by atoms with van der Waals surface area (Å²) in [7, 11) is 0. The number of aromatic nitrogens is 1. The van der Waals surface area contributed by atoms with Gasteiger partial charge in [-0.25, -0.2) is 4.79 Å². The topological polar surface area (TPSA) is 106 Å². The maximum absolute atomic E-state index is 12.6. The molecule has 2 saturated heterocycles. The first kappa shape index (κ1) is 16.6. The smallest absolute Gasteiger partial charge is 0.325 e. The van der Waals surface area contributed by atoms with Crippen LogP contribution in [0.5, 0.6) is 0 Å². The Balaban J connectivity index is 1.38. The largest absolute Gasteiger partial charge is 0.361 e. The molecule has 0 bridgehead atoms. The van der Waals surface area contributed by atoms with E-state index >= 15 is 0 Å². The molecule has 4 amide bonds. The number of hydrogen-bond acceptors (Lipinski definition) is 4. The molecule has 2 aliphatic heterocycles. The van der Waals surface area contributed by atoms with Crippen molar-refractivity contribution in [1.82, 2.24) is 25.8 Å². The summed E-state index contributed by atoms with van der Waals surface area (Å²) >= 11 is 0. The summed E-state index contributed by atoms with van der Waals surface area (Å²) in [5.74, 6) is -0.629. The molecule has 4 rings (SSSR count). The van der Waals surface area contributed by atoms with Gasteiger partial charge in [-0.3, -0.25) is 19.8 Å². The van der Waals surface area contributed by atoms with Crippen LogP contribution in [0.2, 0.25) is 0 Å². The summed E-state index contributed by atoms with van der Waals surface area (Å²) < 4.78 is 0. The van der Waals surface area contributed by atoms with Gasteiger partial charge in [-0.2, -0.15) is 0 Å². The van der Waals surface area contributed by atoms with Crippen LogP contribution in [-0.4, -0.2) is 53.5 Å². The molecule has 8 nitrogen and oxygen atoms in total. The minimum atomic E-state index is -0.410. The van der Waals surface area contributed by atoms with Gasteiger partial charge in [0.25, 0.3) is 5.91 Å². The first-order valence-corrected chi connectivity index (χ1v) is 8.85. The lowest BCUT2D eigenvalue weighted by Crippen LogP contribution is -2.66. The van der Waals surface area contributed by atoms with Gasteiger partial charge in [0.05, 0.1) is 12.1 Å². The second-order valence-electron chi connectivity index (χ2n) is 6.62. The predicted octanol–water partition coefficient (Wildman–Crippen LogP) is 0.775.